The largest absolute Gasteiger partial charge is 0.459 e. The molecule has 0 saturated carbocycles. The molecule has 0 radical (unpaired) electrons. The zero-order valence-electron chi connectivity index (χ0n) is 30.1. The summed E-state index contributed by atoms with van der Waals surface area (Å²) in [5.41, 5.74) is 0.847. The Morgan fingerprint density at radius 1 is 0.827 bits per heavy atom. The number of hydrogen-bond acceptors (Lipinski definition) is 13. The third kappa shape index (κ3) is 8.88. The number of ether oxygens (including phenoxy) is 7. The molecule has 13 nitrogen and oxygen atoms in total. The summed E-state index contributed by atoms with van der Waals surface area (Å²) in [5, 5.41) is 40.0. The van der Waals surface area contributed by atoms with E-state index in [1.165, 1.54) is 6.92 Å². The van der Waals surface area contributed by atoms with Crippen molar-refractivity contribution in [2.75, 3.05) is 13.2 Å². The second-order valence-electron chi connectivity index (χ2n) is 14.1. The summed E-state index contributed by atoms with van der Waals surface area (Å²) in [7, 11) is 0. The monoisotopic (exact) mass is 724 g/mol. The lowest BCUT2D eigenvalue weighted by molar-refractivity contribution is -0.250. The van der Waals surface area contributed by atoms with Crippen molar-refractivity contribution in [1.82, 2.24) is 0 Å². The van der Waals surface area contributed by atoms with Crippen LogP contribution in [0, 0.1) is 13.8 Å². The molecule has 9 atom stereocenters. The zero-order chi connectivity index (χ0) is 37.8. The van der Waals surface area contributed by atoms with Gasteiger partial charge in [-0.25, -0.2) is 9.59 Å². The van der Waals surface area contributed by atoms with Crippen LogP contribution in [0.2, 0.25) is 0 Å². The van der Waals surface area contributed by atoms with Gasteiger partial charge in [-0.1, -0.05) is 65.7 Å². The zero-order valence-corrected chi connectivity index (χ0v) is 30.1. The van der Waals surface area contributed by atoms with Crippen LogP contribution in [0.1, 0.15) is 65.1 Å². The molecule has 3 aliphatic rings. The molecular weight excluding hydrogens is 676 g/mol. The summed E-state index contributed by atoms with van der Waals surface area (Å²) in [6, 6.07) is 23.3. The van der Waals surface area contributed by atoms with Gasteiger partial charge in [-0.15, -0.1) is 0 Å². The van der Waals surface area contributed by atoms with E-state index in [9.17, 15) is 30.0 Å². The first kappa shape index (κ1) is 39.4. The maximum Gasteiger partial charge on any atom is 0.338 e. The standard InChI is InChI=1S/C22H24O7.C17H24O6/c1-13-4-8-15(9-5-13)19(23)27-12-17-18(22(3,26)21(25)28-17)29-20(24)16-10-6-14(2)7-11-16;1-16(2)22-14-15(23-16)21-13(12(19)9-18)17(14,3)20-10-11-7-5-4-6-8-11/h4-11,17-18,21,25-26H,12H2,1-3H3;4-8,12-15,18-19H,9-10H2,1-3H3/t17?,18-,21?,22-;12-,13?,14+,15-,17-/m11/s1. The van der Waals surface area contributed by atoms with Crippen molar-refractivity contribution in [2.24, 2.45) is 0 Å². The van der Waals surface area contributed by atoms with Crippen molar-refractivity contribution in [3.05, 3.63) is 107 Å². The molecule has 0 spiro atoms. The number of benzene rings is 3. The van der Waals surface area contributed by atoms with E-state index >= 15 is 0 Å². The minimum atomic E-state index is -1.86. The normalized spacial score (nSPS) is 30.9. The van der Waals surface area contributed by atoms with Crippen LogP contribution in [0.15, 0.2) is 78.9 Å². The van der Waals surface area contributed by atoms with Crippen LogP contribution in [0.25, 0.3) is 0 Å². The molecule has 0 aliphatic carbocycles. The molecule has 0 amide bonds. The lowest BCUT2D eigenvalue weighted by Gasteiger charge is -2.36. The van der Waals surface area contributed by atoms with Gasteiger partial charge in [0.1, 0.15) is 36.6 Å². The van der Waals surface area contributed by atoms with Crippen molar-refractivity contribution in [3.8, 4) is 0 Å². The molecule has 6 rings (SSSR count). The summed E-state index contributed by atoms with van der Waals surface area (Å²) >= 11 is 0. The van der Waals surface area contributed by atoms with Crippen LogP contribution in [0.5, 0.6) is 0 Å². The third-order valence-corrected chi connectivity index (χ3v) is 9.30. The van der Waals surface area contributed by atoms with E-state index in [2.05, 4.69) is 0 Å². The van der Waals surface area contributed by atoms with Crippen LogP contribution in [0.4, 0.5) is 0 Å². The van der Waals surface area contributed by atoms with Crippen LogP contribution in [-0.2, 0) is 39.8 Å². The van der Waals surface area contributed by atoms with Gasteiger partial charge in [-0.3, -0.25) is 0 Å². The highest BCUT2D eigenvalue weighted by atomic mass is 16.8. The van der Waals surface area contributed by atoms with E-state index in [1.54, 1.807) is 48.5 Å². The molecule has 3 aromatic carbocycles. The molecule has 13 heteroatoms. The van der Waals surface area contributed by atoms with Crippen molar-refractivity contribution < 1.29 is 63.2 Å². The molecule has 0 bridgehead atoms. The van der Waals surface area contributed by atoms with Gasteiger partial charge in [0.25, 0.3) is 0 Å². The second-order valence-corrected chi connectivity index (χ2v) is 14.1. The highest BCUT2D eigenvalue weighted by Crippen LogP contribution is 2.46. The number of carbonyl (C=O) groups excluding carboxylic acids is 2. The minimum absolute atomic E-state index is 0.295. The summed E-state index contributed by atoms with van der Waals surface area (Å²) in [5.74, 6) is -2.04. The van der Waals surface area contributed by atoms with Gasteiger partial charge < -0.3 is 53.6 Å². The fourth-order valence-corrected chi connectivity index (χ4v) is 6.22. The van der Waals surface area contributed by atoms with E-state index in [0.29, 0.717) is 17.7 Å². The van der Waals surface area contributed by atoms with Crippen LogP contribution >= 0.6 is 0 Å². The number of rotatable bonds is 10. The molecule has 282 valence electrons. The smallest absolute Gasteiger partial charge is 0.338 e. The Bertz CT molecular complexity index is 1640. The lowest BCUT2D eigenvalue weighted by atomic mass is 9.91. The Balaban J connectivity index is 0.000000206. The average molecular weight is 725 g/mol. The number of aryl methyl sites for hydroxylation is 2. The van der Waals surface area contributed by atoms with Gasteiger partial charge >= 0.3 is 11.9 Å². The number of aliphatic hydroxyl groups excluding tert-OH is 3. The number of aliphatic hydroxyl groups is 4. The van der Waals surface area contributed by atoms with Crippen molar-refractivity contribution in [3.63, 3.8) is 0 Å². The van der Waals surface area contributed by atoms with E-state index in [0.717, 1.165) is 16.7 Å². The number of carbonyl (C=O) groups is 2. The first-order chi connectivity index (χ1) is 24.5. The van der Waals surface area contributed by atoms with Crippen molar-refractivity contribution >= 4 is 11.9 Å². The molecule has 4 N–H and O–H groups in total. The molecule has 3 fully saturated rings. The summed E-state index contributed by atoms with van der Waals surface area (Å²) in [6.45, 7) is 10.2. The summed E-state index contributed by atoms with van der Waals surface area (Å²) in [4.78, 5) is 24.7. The van der Waals surface area contributed by atoms with E-state index in [-0.39, 0.29) is 6.61 Å². The van der Waals surface area contributed by atoms with Gasteiger partial charge in [0.05, 0.1) is 24.3 Å². The molecule has 0 aromatic heterocycles. The Labute approximate surface area is 302 Å². The van der Waals surface area contributed by atoms with E-state index < -0.39 is 78.6 Å². The SMILES string of the molecule is CC1(C)O[C@H]2OC([C@H](O)CO)[C@@](C)(OCc3ccccc3)[C@H]2O1.Cc1ccc(C(=O)OCC2OC(O)[C@](C)(O)[C@@H]2OC(=O)c2ccc(C)cc2)cc1. The number of hydrogen-bond donors (Lipinski definition) is 4. The third-order valence-electron chi connectivity index (χ3n) is 9.30. The van der Waals surface area contributed by atoms with E-state index in [1.807, 2.05) is 65.0 Å². The maximum atomic E-state index is 12.5. The molecule has 3 unspecified atom stereocenters. The molecule has 3 heterocycles. The molecule has 3 aromatic rings. The van der Waals surface area contributed by atoms with Gasteiger partial charge in [0.15, 0.2) is 30.1 Å². The van der Waals surface area contributed by atoms with Crippen molar-refractivity contribution in [1.29, 1.82) is 0 Å². The molecule has 3 aliphatic heterocycles. The molecule has 3 saturated heterocycles. The number of esters is 2. The first-order valence-corrected chi connectivity index (χ1v) is 17.1. The Kier molecular flexibility index (Phi) is 12.2. The van der Waals surface area contributed by atoms with E-state index in [4.69, 9.17) is 33.2 Å². The lowest BCUT2D eigenvalue weighted by Crippen LogP contribution is -2.53. The fraction of sp³-hybridized carbons (Fsp3) is 0.487. The second kappa shape index (κ2) is 16.1. The minimum Gasteiger partial charge on any atom is -0.459 e. The maximum absolute atomic E-state index is 12.5. The fourth-order valence-electron chi connectivity index (χ4n) is 6.22. The first-order valence-electron chi connectivity index (χ1n) is 17.1. The molecular formula is C39H48O13. The van der Waals surface area contributed by atoms with Gasteiger partial charge in [-0.2, -0.15) is 0 Å². The predicted molar refractivity (Wildman–Crippen MR) is 185 cm³/mol. The van der Waals surface area contributed by atoms with Gasteiger partial charge in [0, 0.05) is 0 Å². The van der Waals surface area contributed by atoms with Gasteiger partial charge in [0.2, 0.25) is 0 Å². The van der Waals surface area contributed by atoms with Crippen LogP contribution in [-0.4, -0.2) is 106 Å². The quantitative estimate of drug-likeness (QED) is 0.224. The Morgan fingerprint density at radius 2 is 1.40 bits per heavy atom. The average Bonchev–Trinajstić information content (AvgIpc) is 3.66. The number of fused-ring (bicyclic) bond motifs is 1. The topological polar surface area (TPSA) is 180 Å². The summed E-state index contributed by atoms with van der Waals surface area (Å²) < 4.78 is 39.6. The molecule has 52 heavy (non-hydrogen) atoms. The highest BCUT2D eigenvalue weighted by molar-refractivity contribution is 5.90. The van der Waals surface area contributed by atoms with Gasteiger partial charge in [-0.05, 0) is 71.4 Å². The predicted octanol–water partition coefficient (Wildman–Crippen LogP) is 3.35. The van der Waals surface area contributed by atoms with Crippen LogP contribution in [0.3, 0.4) is 0 Å². The van der Waals surface area contributed by atoms with Crippen LogP contribution < -0.4 is 0 Å². The Morgan fingerprint density at radius 3 is 1.98 bits per heavy atom. The highest BCUT2D eigenvalue weighted by Gasteiger charge is 2.64. The Hall–Kier alpha value is -3.76. The summed E-state index contributed by atoms with van der Waals surface area (Å²) in [6.07, 6.45) is -6.76. The van der Waals surface area contributed by atoms with Crippen molar-refractivity contribution in [2.45, 2.75) is 108 Å².